The number of nitrogens with zero attached hydrogens (tertiary/aromatic N) is 1. The fourth-order valence-corrected chi connectivity index (χ4v) is 1.37. The van der Waals surface area contributed by atoms with E-state index in [1.54, 1.807) is 6.92 Å². The molecule has 0 bridgehead atoms. The number of hydrogen-bond donors (Lipinski definition) is 1. The molecule has 0 saturated heterocycles. The lowest BCUT2D eigenvalue weighted by Crippen LogP contribution is -2.52. The maximum absolute atomic E-state index is 11.6. The van der Waals surface area contributed by atoms with Crippen molar-refractivity contribution in [1.82, 2.24) is 4.90 Å². The highest BCUT2D eigenvalue weighted by Crippen LogP contribution is 2.17. The second-order valence-corrected chi connectivity index (χ2v) is 4.26. The molecule has 0 fully saturated rings. The van der Waals surface area contributed by atoms with E-state index in [0.717, 1.165) is 0 Å². The summed E-state index contributed by atoms with van der Waals surface area (Å²) >= 11 is 0. The van der Waals surface area contributed by atoms with Gasteiger partial charge in [-0.05, 0) is 34.2 Å². The smallest absolute Gasteiger partial charge is 0.323 e. The molecular formula is C11H23NO3. The highest BCUT2D eigenvalue weighted by atomic mass is 16.5. The lowest BCUT2D eigenvalue weighted by atomic mass is 10.0. The zero-order chi connectivity index (χ0) is 12.1. The van der Waals surface area contributed by atoms with Crippen molar-refractivity contribution in [3.63, 3.8) is 0 Å². The molecule has 0 saturated carbocycles. The van der Waals surface area contributed by atoms with Gasteiger partial charge >= 0.3 is 5.97 Å². The van der Waals surface area contributed by atoms with E-state index >= 15 is 0 Å². The average Bonchev–Trinajstić information content (AvgIpc) is 2.19. The topological polar surface area (TPSA) is 49.8 Å². The van der Waals surface area contributed by atoms with E-state index in [2.05, 4.69) is 0 Å². The van der Waals surface area contributed by atoms with Gasteiger partial charge in [-0.25, -0.2) is 0 Å². The van der Waals surface area contributed by atoms with Crippen molar-refractivity contribution in [3.8, 4) is 0 Å². The molecule has 1 atom stereocenters. The first-order valence-electron chi connectivity index (χ1n) is 5.41. The molecule has 0 heterocycles. The molecule has 0 aliphatic rings. The van der Waals surface area contributed by atoms with Crippen molar-refractivity contribution in [1.29, 1.82) is 0 Å². The van der Waals surface area contributed by atoms with E-state index in [4.69, 9.17) is 4.74 Å². The summed E-state index contributed by atoms with van der Waals surface area (Å²) in [6.45, 7) is 7.93. The van der Waals surface area contributed by atoms with Crippen LogP contribution in [0.3, 0.4) is 0 Å². The van der Waals surface area contributed by atoms with Crippen LogP contribution < -0.4 is 0 Å². The molecule has 0 rings (SSSR count). The standard InChI is InChI=1S/C11H23NO3/c1-6-9(10(14)15-7-2)12(5)11(3,4)8-13/h9,13H,6-8H2,1-5H3. The number of ether oxygens (including phenoxy) is 1. The second kappa shape index (κ2) is 6.08. The minimum Gasteiger partial charge on any atom is -0.465 e. The van der Waals surface area contributed by atoms with Crippen LogP contribution in [0.5, 0.6) is 0 Å². The lowest BCUT2D eigenvalue weighted by Gasteiger charge is -2.38. The summed E-state index contributed by atoms with van der Waals surface area (Å²) in [5, 5.41) is 9.23. The van der Waals surface area contributed by atoms with Crippen LogP contribution >= 0.6 is 0 Å². The van der Waals surface area contributed by atoms with Gasteiger partial charge < -0.3 is 9.84 Å². The van der Waals surface area contributed by atoms with Crippen LogP contribution in [0, 0.1) is 0 Å². The summed E-state index contributed by atoms with van der Waals surface area (Å²) in [5.74, 6) is -0.218. The van der Waals surface area contributed by atoms with Crippen LogP contribution in [-0.4, -0.2) is 47.8 Å². The van der Waals surface area contributed by atoms with E-state index in [0.29, 0.717) is 13.0 Å². The number of carbonyl (C=O) groups is 1. The zero-order valence-corrected chi connectivity index (χ0v) is 10.4. The molecule has 0 aromatic carbocycles. The first-order valence-corrected chi connectivity index (χ1v) is 5.41. The first-order chi connectivity index (χ1) is 6.90. The Kier molecular flexibility index (Phi) is 5.83. The van der Waals surface area contributed by atoms with Crippen molar-refractivity contribution < 1.29 is 14.6 Å². The Labute approximate surface area is 92.2 Å². The maximum Gasteiger partial charge on any atom is 0.323 e. The lowest BCUT2D eigenvalue weighted by molar-refractivity contribution is -0.152. The fourth-order valence-electron chi connectivity index (χ4n) is 1.37. The predicted octanol–water partition coefficient (Wildman–Crippen LogP) is 1.03. The highest BCUT2D eigenvalue weighted by Gasteiger charge is 2.32. The normalized spacial score (nSPS) is 14.1. The predicted molar refractivity (Wildman–Crippen MR) is 59.6 cm³/mol. The molecule has 1 N–H and O–H groups in total. The van der Waals surface area contributed by atoms with E-state index in [-0.39, 0.29) is 18.6 Å². The summed E-state index contributed by atoms with van der Waals surface area (Å²) in [7, 11) is 1.83. The molecule has 1 unspecified atom stereocenters. The Morgan fingerprint density at radius 1 is 1.47 bits per heavy atom. The number of rotatable bonds is 6. The molecule has 0 spiro atoms. The van der Waals surface area contributed by atoms with Crippen LogP contribution in [0.25, 0.3) is 0 Å². The highest BCUT2D eigenvalue weighted by molar-refractivity contribution is 5.75. The number of likely N-dealkylation sites (N-methyl/N-ethyl adjacent to an activating group) is 1. The number of esters is 1. The van der Waals surface area contributed by atoms with Crippen LogP contribution in [0.1, 0.15) is 34.1 Å². The molecule has 0 aromatic heterocycles. The summed E-state index contributed by atoms with van der Waals surface area (Å²) < 4.78 is 4.99. The molecule has 0 aliphatic carbocycles. The molecule has 0 amide bonds. The molecule has 4 nitrogen and oxygen atoms in total. The summed E-state index contributed by atoms with van der Waals surface area (Å²) in [6.07, 6.45) is 0.679. The van der Waals surface area contributed by atoms with Crippen molar-refractivity contribution >= 4 is 5.97 Å². The minimum atomic E-state index is -0.409. The van der Waals surface area contributed by atoms with Crippen LogP contribution in [-0.2, 0) is 9.53 Å². The molecule has 0 aliphatic heterocycles. The van der Waals surface area contributed by atoms with Crippen LogP contribution in [0.15, 0.2) is 0 Å². The Morgan fingerprint density at radius 2 is 2.00 bits per heavy atom. The summed E-state index contributed by atoms with van der Waals surface area (Å²) in [5.41, 5.74) is -0.409. The Balaban J connectivity index is 4.60. The van der Waals surface area contributed by atoms with Gasteiger partial charge in [-0.1, -0.05) is 6.92 Å². The van der Waals surface area contributed by atoms with Gasteiger partial charge in [-0.3, -0.25) is 9.69 Å². The molecule has 4 heteroatoms. The number of carbonyl (C=O) groups excluding carboxylic acids is 1. The van der Waals surface area contributed by atoms with E-state index < -0.39 is 5.54 Å². The second-order valence-electron chi connectivity index (χ2n) is 4.26. The van der Waals surface area contributed by atoms with Gasteiger partial charge in [0.15, 0.2) is 0 Å². The molecule has 90 valence electrons. The van der Waals surface area contributed by atoms with Gasteiger partial charge in [-0.2, -0.15) is 0 Å². The fraction of sp³-hybridized carbons (Fsp3) is 0.909. The molecule has 15 heavy (non-hydrogen) atoms. The van der Waals surface area contributed by atoms with Crippen LogP contribution in [0.4, 0.5) is 0 Å². The Morgan fingerprint density at radius 3 is 2.33 bits per heavy atom. The van der Waals surface area contributed by atoms with Crippen molar-refractivity contribution in [2.75, 3.05) is 20.3 Å². The average molecular weight is 217 g/mol. The van der Waals surface area contributed by atoms with Gasteiger partial charge in [0.1, 0.15) is 6.04 Å². The Bertz CT molecular complexity index is 204. The minimum absolute atomic E-state index is 0.0133. The number of aliphatic hydroxyl groups is 1. The monoisotopic (exact) mass is 217 g/mol. The summed E-state index contributed by atoms with van der Waals surface area (Å²) in [6, 6.07) is -0.285. The van der Waals surface area contributed by atoms with Gasteiger partial charge in [0.2, 0.25) is 0 Å². The van der Waals surface area contributed by atoms with E-state index in [1.165, 1.54) is 0 Å². The van der Waals surface area contributed by atoms with Crippen molar-refractivity contribution in [3.05, 3.63) is 0 Å². The quantitative estimate of drug-likeness (QED) is 0.675. The van der Waals surface area contributed by atoms with Gasteiger partial charge in [0, 0.05) is 5.54 Å². The van der Waals surface area contributed by atoms with Crippen LogP contribution in [0.2, 0.25) is 0 Å². The maximum atomic E-state index is 11.6. The third kappa shape index (κ3) is 3.80. The van der Waals surface area contributed by atoms with Crippen molar-refractivity contribution in [2.45, 2.75) is 45.7 Å². The van der Waals surface area contributed by atoms with Gasteiger partial charge in [-0.15, -0.1) is 0 Å². The van der Waals surface area contributed by atoms with E-state index in [9.17, 15) is 9.90 Å². The largest absolute Gasteiger partial charge is 0.465 e. The SMILES string of the molecule is CCOC(=O)C(CC)N(C)C(C)(C)CO. The molecular weight excluding hydrogens is 194 g/mol. The van der Waals surface area contributed by atoms with E-state index in [1.807, 2.05) is 32.7 Å². The first kappa shape index (κ1) is 14.4. The van der Waals surface area contributed by atoms with Crippen molar-refractivity contribution in [2.24, 2.45) is 0 Å². The third-order valence-corrected chi connectivity index (χ3v) is 2.75. The Hall–Kier alpha value is -0.610. The zero-order valence-electron chi connectivity index (χ0n) is 10.4. The summed E-state index contributed by atoms with van der Waals surface area (Å²) in [4.78, 5) is 13.5. The molecule has 0 aromatic rings. The number of aliphatic hydroxyl groups excluding tert-OH is 1. The van der Waals surface area contributed by atoms with Gasteiger partial charge in [0.25, 0.3) is 0 Å². The third-order valence-electron chi connectivity index (χ3n) is 2.75. The molecule has 0 radical (unpaired) electrons. The number of hydrogen-bond acceptors (Lipinski definition) is 4. The van der Waals surface area contributed by atoms with Gasteiger partial charge in [0.05, 0.1) is 13.2 Å².